The number of nitrogen functional groups attached to an aromatic ring is 1. The zero-order valence-electron chi connectivity index (χ0n) is 28.5. The fourth-order valence-corrected chi connectivity index (χ4v) is 8.62. The lowest BCUT2D eigenvalue weighted by molar-refractivity contribution is -0.251. The van der Waals surface area contributed by atoms with Gasteiger partial charge in [0.05, 0.1) is 0 Å². The van der Waals surface area contributed by atoms with E-state index in [0.29, 0.717) is 50.4 Å². The second-order valence-electron chi connectivity index (χ2n) is 17.0. The molecular weight excluding hydrogens is 548 g/mol. The van der Waals surface area contributed by atoms with E-state index in [-0.39, 0.29) is 24.1 Å². The normalized spacial score (nSPS) is 28.0. The fourth-order valence-electron chi connectivity index (χ4n) is 8.62. The number of hydrazine groups is 1. The van der Waals surface area contributed by atoms with Crippen molar-refractivity contribution < 1.29 is 15.6 Å². The van der Waals surface area contributed by atoms with E-state index in [4.69, 9.17) is 15.8 Å². The third-order valence-corrected chi connectivity index (χ3v) is 9.98. The number of nitrogens with zero attached hydrogens (tertiary/aromatic N) is 7. The quantitative estimate of drug-likeness (QED) is 0.197. The lowest BCUT2D eigenvalue weighted by atomic mass is 9.75. The molecule has 0 amide bonds. The van der Waals surface area contributed by atoms with Crippen LogP contribution in [0.3, 0.4) is 0 Å². The summed E-state index contributed by atoms with van der Waals surface area (Å²) in [5.41, 5.74) is -0.213. The summed E-state index contributed by atoms with van der Waals surface area (Å²) in [6.45, 7) is 24.6. The minimum Gasteiger partial charge on any atom is -0.351 e. The van der Waals surface area contributed by atoms with Crippen molar-refractivity contribution in [3.8, 4) is 0 Å². The van der Waals surface area contributed by atoms with Crippen LogP contribution < -0.4 is 21.5 Å². The van der Waals surface area contributed by atoms with E-state index >= 15 is 0 Å². The van der Waals surface area contributed by atoms with Crippen molar-refractivity contribution in [2.45, 2.75) is 173 Å². The maximum Gasteiger partial charge on any atom is 0.243 e. The van der Waals surface area contributed by atoms with Crippen LogP contribution in [0.5, 0.6) is 0 Å². The molecule has 0 unspecified atom stereocenters. The predicted molar refractivity (Wildman–Crippen MR) is 168 cm³/mol. The Hall–Kier alpha value is -1.87. The summed E-state index contributed by atoms with van der Waals surface area (Å²) in [5, 5.41) is 41.1. The molecule has 3 saturated heterocycles. The van der Waals surface area contributed by atoms with Gasteiger partial charge in [0.25, 0.3) is 0 Å². The first-order valence-electron chi connectivity index (χ1n) is 15.7. The van der Waals surface area contributed by atoms with Gasteiger partial charge < -0.3 is 25.8 Å². The van der Waals surface area contributed by atoms with Gasteiger partial charge in [0.1, 0.15) is 0 Å². The number of anilines is 3. The highest BCUT2D eigenvalue weighted by Crippen LogP contribution is 2.45. The minimum absolute atomic E-state index is 0.00777. The molecule has 7 N–H and O–H groups in total. The number of rotatable bonds is 6. The van der Waals surface area contributed by atoms with Crippen molar-refractivity contribution in [2.75, 3.05) is 15.6 Å². The van der Waals surface area contributed by atoms with Gasteiger partial charge in [0, 0.05) is 51.4 Å². The fraction of sp³-hybridized carbons (Fsp3) is 0.900. The standard InChI is InChI=1S/C30H58N10O3/c1-25(2)13-19(14-26(3,4)38(25)41)32-22-33-23(36-31)35-24(34-22)37(20-15-27(5,6)39(42)28(7,8)16-20)21-17-29(9,10)40(43)30(11,12)18-21/h19-21,41-43H,13-18,31H2,1-12H3,(H2,32,33,34,35,36). The van der Waals surface area contributed by atoms with Crippen LogP contribution in [0.15, 0.2) is 0 Å². The van der Waals surface area contributed by atoms with Crippen LogP contribution in [0.1, 0.15) is 122 Å². The molecule has 0 aliphatic carbocycles. The second-order valence-corrected chi connectivity index (χ2v) is 17.0. The number of hydrogen-bond acceptors (Lipinski definition) is 13. The highest BCUT2D eigenvalue weighted by atomic mass is 16.5. The molecule has 1 aromatic heterocycles. The van der Waals surface area contributed by atoms with Gasteiger partial charge in [-0.1, -0.05) is 0 Å². The highest BCUT2D eigenvalue weighted by Gasteiger charge is 2.52. The molecule has 43 heavy (non-hydrogen) atoms. The average Bonchev–Trinajstić information content (AvgIpc) is 2.83. The van der Waals surface area contributed by atoms with Crippen molar-refractivity contribution in [3.05, 3.63) is 0 Å². The average molecular weight is 607 g/mol. The maximum absolute atomic E-state index is 11.1. The summed E-state index contributed by atoms with van der Waals surface area (Å²) in [5.74, 6) is 7.11. The SMILES string of the molecule is CC1(C)CC(Nc2nc(NN)nc(N(C3CC(C)(C)N(O)C(C)(C)C3)C3CC(C)(C)N(O)C(C)(C)C3)n2)CC(C)(C)N1O. The summed E-state index contributed by atoms with van der Waals surface area (Å²) in [6.07, 6.45) is 4.12. The molecule has 13 heteroatoms. The summed E-state index contributed by atoms with van der Waals surface area (Å²) < 4.78 is 0. The van der Waals surface area contributed by atoms with E-state index in [2.05, 4.69) is 76.0 Å². The van der Waals surface area contributed by atoms with Gasteiger partial charge in [0.2, 0.25) is 17.8 Å². The van der Waals surface area contributed by atoms with Crippen LogP contribution in [0, 0.1) is 0 Å². The lowest BCUT2D eigenvalue weighted by Gasteiger charge is -2.58. The first-order chi connectivity index (χ1) is 19.4. The molecular formula is C30H58N10O3. The number of hydrogen-bond donors (Lipinski definition) is 6. The molecule has 4 heterocycles. The molecule has 0 radical (unpaired) electrons. The van der Waals surface area contributed by atoms with Crippen molar-refractivity contribution in [2.24, 2.45) is 5.84 Å². The third-order valence-electron chi connectivity index (χ3n) is 9.98. The molecule has 0 bridgehead atoms. The van der Waals surface area contributed by atoms with E-state index in [0.717, 1.165) is 0 Å². The summed E-state index contributed by atoms with van der Waals surface area (Å²) in [7, 11) is 0. The molecule has 0 saturated carbocycles. The van der Waals surface area contributed by atoms with Gasteiger partial charge in [-0.3, -0.25) is 5.43 Å². The molecule has 1 aromatic rings. The monoisotopic (exact) mass is 606 g/mol. The second kappa shape index (κ2) is 10.9. The molecule has 246 valence electrons. The smallest absolute Gasteiger partial charge is 0.243 e. The van der Waals surface area contributed by atoms with E-state index in [1.54, 1.807) is 0 Å². The van der Waals surface area contributed by atoms with Gasteiger partial charge in [-0.05, 0) is 122 Å². The van der Waals surface area contributed by atoms with Gasteiger partial charge in [-0.15, -0.1) is 0 Å². The Morgan fingerprint density at radius 1 is 0.581 bits per heavy atom. The highest BCUT2D eigenvalue weighted by molar-refractivity contribution is 5.46. The molecule has 13 nitrogen and oxygen atoms in total. The van der Waals surface area contributed by atoms with Crippen LogP contribution in [0.2, 0.25) is 0 Å². The van der Waals surface area contributed by atoms with E-state index in [1.807, 2.05) is 27.7 Å². The third kappa shape index (κ3) is 6.58. The van der Waals surface area contributed by atoms with Crippen molar-refractivity contribution in [1.82, 2.24) is 30.1 Å². The Bertz CT molecular complexity index is 1070. The Morgan fingerprint density at radius 2 is 0.907 bits per heavy atom. The van der Waals surface area contributed by atoms with E-state index in [1.165, 1.54) is 15.2 Å². The lowest BCUT2D eigenvalue weighted by Crippen LogP contribution is -2.67. The molecule has 3 fully saturated rings. The van der Waals surface area contributed by atoms with Gasteiger partial charge in [-0.2, -0.15) is 30.1 Å². The number of hydroxylamine groups is 6. The molecule has 0 spiro atoms. The van der Waals surface area contributed by atoms with Crippen molar-refractivity contribution in [3.63, 3.8) is 0 Å². The molecule has 4 rings (SSSR count). The zero-order valence-corrected chi connectivity index (χ0v) is 28.5. The molecule has 0 aromatic carbocycles. The van der Waals surface area contributed by atoms with Crippen LogP contribution in [-0.2, 0) is 0 Å². The van der Waals surface area contributed by atoms with Gasteiger partial charge in [0.15, 0.2) is 0 Å². The number of aromatic nitrogens is 3. The van der Waals surface area contributed by atoms with E-state index < -0.39 is 33.2 Å². The van der Waals surface area contributed by atoms with Crippen molar-refractivity contribution in [1.29, 1.82) is 0 Å². The van der Waals surface area contributed by atoms with Gasteiger partial charge in [-0.25, -0.2) is 5.84 Å². The Labute approximate surface area is 258 Å². The van der Waals surface area contributed by atoms with Crippen LogP contribution in [0.4, 0.5) is 17.8 Å². The summed E-state index contributed by atoms with van der Waals surface area (Å²) in [4.78, 5) is 16.8. The minimum atomic E-state index is -0.494. The van der Waals surface area contributed by atoms with Crippen LogP contribution in [-0.4, -0.2) is 97.1 Å². The Morgan fingerprint density at radius 3 is 1.26 bits per heavy atom. The number of piperidine rings is 3. The first-order valence-corrected chi connectivity index (χ1v) is 15.7. The summed E-state index contributed by atoms with van der Waals surface area (Å²) in [6, 6.07) is -0.00747. The first kappa shape index (κ1) is 34.0. The number of nitrogens with two attached hydrogens (primary N) is 1. The van der Waals surface area contributed by atoms with Crippen molar-refractivity contribution >= 4 is 17.8 Å². The van der Waals surface area contributed by atoms with Crippen LogP contribution >= 0.6 is 0 Å². The molecule has 0 atom stereocenters. The zero-order chi connectivity index (χ0) is 32.6. The van der Waals surface area contributed by atoms with E-state index in [9.17, 15) is 15.6 Å². The Kier molecular flexibility index (Phi) is 8.61. The molecule has 3 aliphatic heterocycles. The largest absolute Gasteiger partial charge is 0.351 e. The molecule has 3 aliphatic rings. The van der Waals surface area contributed by atoms with Crippen LogP contribution in [0.25, 0.3) is 0 Å². The Balaban J connectivity index is 1.79. The van der Waals surface area contributed by atoms with Gasteiger partial charge >= 0.3 is 0 Å². The maximum atomic E-state index is 11.1. The predicted octanol–water partition coefficient (Wildman–Crippen LogP) is 4.61. The summed E-state index contributed by atoms with van der Waals surface area (Å²) >= 11 is 0. The number of nitrogens with one attached hydrogen (secondary N) is 2. The topological polar surface area (TPSA) is 162 Å².